The fourth-order valence-electron chi connectivity index (χ4n) is 2.98. The Morgan fingerprint density at radius 1 is 1.03 bits per heavy atom. The molecule has 3 rings (SSSR count). The van der Waals surface area contributed by atoms with E-state index in [9.17, 15) is 19.7 Å². The van der Waals surface area contributed by atoms with Crippen molar-refractivity contribution in [3.8, 4) is 0 Å². The lowest BCUT2D eigenvalue weighted by molar-refractivity contribution is -0.384. The van der Waals surface area contributed by atoms with Crippen LogP contribution in [0.2, 0.25) is 5.02 Å². The molecule has 0 aliphatic carbocycles. The summed E-state index contributed by atoms with van der Waals surface area (Å²) < 4.78 is 0. The third kappa shape index (κ3) is 5.37. The maximum atomic E-state index is 12.7. The number of nitrogens with zero attached hydrogens (tertiary/aromatic N) is 1. The van der Waals surface area contributed by atoms with Gasteiger partial charge in [-0.05, 0) is 29.3 Å². The number of primary amides is 1. The van der Waals surface area contributed by atoms with E-state index in [1.807, 2.05) is 6.07 Å². The monoisotopic (exact) mass is 438 g/mol. The summed E-state index contributed by atoms with van der Waals surface area (Å²) in [6.45, 7) is 0.268. The first-order valence-electron chi connectivity index (χ1n) is 9.27. The summed E-state index contributed by atoms with van der Waals surface area (Å²) in [6.07, 6.45) is 0. The fraction of sp³-hybridized carbons (Fsp3) is 0.0909. The highest BCUT2D eigenvalue weighted by molar-refractivity contribution is 6.31. The van der Waals surface area contributed by atoms with Crippen molar-refractivity contribution in [2.75, 3.05) is 5.32 Å². The summed E-state index contributed by atoms with van der Waals surface area (Å²) in [4.78, 5) is 35.5. The van der Waals surface area contributed by atoms with Crippen molar-refractivity contribution < 1.29 is 14.5 Å². The zero-order valence-corrected chi connectivity index (χ0v) is 17.0. The summed E-state index contributed by atoms with van der Waals surface area (Å²) in [5.74, 6) is -1.40. The van der Waals surface area contributed by atoms with Crippen LogP contribution >= 0.6 is 11.6 Å². The molecule has 0 fully saturated rings. The summed E-state index contributed by atoms with van der Waals surface area (Å²) in [7, 11) is 0. The van der Waals surface area contributed by atoms with Gasteiger partial charge in [-0.2, -0.15) is 0 Å². The molecule has 3 aromatic rings. The highest BCUT2D eigenvalue weighted by atomic mass is 35.5. The van der Waals surface area contributed by atoms with Gasteiger partial charge in [0.25, 0.3) is 11.6 Å². The van der Waals surface area contributed by atoms with E-state index in [0.717, 1.165) is 11.6 Å². The highest BCUT2D eigenvalue weighted by Gasteiger charge is 2.23. The molecule has 1 unspecified atom stereocenters. The quantitative estimate of drug-likeness (QED) is 0.364. The van der Waals surface area contributed by atoms with Crippen LogP contribution in [-0.2, 0) is 11.3 Å². The second kappa shape index (κ2) is 9.73. The molecule has 4 N–H and O–H groups in total. The Morgan fingerprint density at radius 2 is 1.71 bits per heavy atom. The Bertz CT molecular complexity index is 1120. The lowest BCUT2D eigenvalue weighted by Gasteiger charge is -2.16. The molecule has 0 saturated heterocycles. The molecule has 0 saturated carbocycles. The number of halogens is 1. The molecule has 3 aromatic carbocycles. The topological polar surface area (TPSA) is 127 Å². The molecule has 2 amide bonds. The van der Waals surface area contributed by atoms with E-state index < -0.39 is 22.8 Å². The predicted octanol–water partition coefficient (Wildman–Crippen LogP) is 3.82. The van der Waals surface area contributed by atoms with E-state index in [4.69, 9.17) is 17.3 Å². The molecule has 31 heavy (non-hydrogen) atoms. The molecule has 0 radical (unpaired) electrons. The van der Waals surface area contributed by atoms with Gasteiger partial charge in [0.1, 0.15) is 11.7 Å². The van der Waals surface area contributed by atoms with Crippen molar-refractivity contribution >= 4 is 34.8 Å². The van der Waals surface area contributed by atoms with E-state index in [2.05, 4.69) is 10.6 Å². The van der Waals surface area contributed by atoms with Crippen LogP contribution < -0.4 is 16.4 Å². The molecule has 1 atom stereocenters. The molecule has 9 heteroatoms. The van der Waals surface area contributed by atoms with Crippen LogP contribution in [0.1, 0.15) is 27.5 Å². The minimum absolute atomic E-state index is 0.0252. The van der Waals surface area contributed by atoms with Gasteiger partial charge < -0.3 is 16.4 Å². The van der Waals surface area contributed by atoms with Gasteiger partial charge in [-0.15, -0.1) is 0 Å². The third-order valence-electron chi connectivity index (χ3n) is 4.58. The van der Waals surface area contributed by atoms with Crippen LogP contribution in [-0.4, -0.2) is 16.7 Å². The fourth-order valence-corrected chi connectivity index (χ4v) is 3.19. The van der Waals surface area contributed by atoms with E-state index >= 15 is 0 Å². The molecule has 0 heterocycles. The van der Waals surface area contributed by atoms with Crippen molar-refractivity contribution in [3.05, 3.63) is 105 Å². The first-order chi connectivity index (χ1) is 14.9. The normalized spacial score (nSPS) is 11.4. The number of nitro groups is 1. The standard InChI is InChI=1S/C22H19ClN4O4/c23-17-9-5-4-8-16(17)13-25-18-11-10-15(12-19(18)27(30)31)22(29)26-20(21(24)28)14-6-2-1-3-7-14/h1-12,20,25H,13H2,(H2,24,28)(H,26,29). The Kier molecular flexibility index (Phi) is 6.84. The van der Waals surface area contributed by atoms with E-state index in [1.54, 1.807) is 48.5 Å². The maximum absolute atomic E-state index is 12.7. The lowest BCUT2D eigenvalue weighted by Crippen LogP contribution is -2.37. The highest BCUT2D eigenvalue weighted by Crippen LogP contribution is 2.27. The van der Waals surface area contributed by atoms with Crippen LogP contribution in [0.4, 0.5) is 11.4 Å². The van der Waals surface area contributed by atoms with Gasteiger partial charge in [-0.3, -0.25) is 19.7 Å². The minimum Gasteiger partial charge on any atom is -0.375 e. The van der Waals surface area contributed by atoms with Gasteiger partial charge in [0.15, 0.2) is 0 Å². The largest absolute Gasteiger partial charge is 0.375 e. The summed E-state index contributed by atoms with van der Waals surface area (Å²) in [5.41, 5.74) is 6.68. The number of hydrogen-bond acceptors (Lipinski definition) is 5. The van der Waals surface area contributed by atoms with Gasteiger partial charge in [0, 0.05) is 23.2 Å². The average Bonchev–Trinajstić information content (AvgIpc) is 2.77. The van der Waals surface area contributed by atoms with Gasteiger partial charge in [-0.1, -0.05) is 60.1 Å². The Morgan fingerprint density at radius 3 is 2.35 bits per heavy atom. The molecular weight excluding hydrogens is 420 g/mol. The van der Waals surface area contributed by atoms with E-state index in [0.29, 0.717) is 10.6 Å². The second-order valence-electron chi connectivity index (χ2n) is 6.65. The van der Waals surface area contributed by atoms with Crippen molar-refractivity contribution in [2.24, 2.45) is 5.73 Å². The van der Waals surface area contributed by atoms with Crippen LogP contribution in [0, 0.1) is 10.1 Å². The number of rotatable bonds is 8. The first-order valence-corrected chi connectivity index (χ1v) is 9.65. The van der Waals surface area contributed by atoms with Crippen molar-refractivity contribution in [1.29, 1.82) is 0 Å². The number of nitrogens with one attached hydrogen (secondary N) is 2. The van der Waals surface area contributed by atoms with Crippen LogP contribution in [0.5, 0.6) is 0 Å². The van der Waals surface area contributed by atoms with Gasteiger partial charge in [0.2, 0.25) is 5.91 Å². The lowest BCUT2D eigenvalue weighted by atomic mass is 10.1. The number of hydrogen-bond donors (Lipinski definition) is 3. The van der Waals surface area contributed by atoms with Crippen molar-refractivity contribution in [3.63, 3.8) is 0 Å². The molecule has 158 valence electrons. The van der Waals surface area contributed by atoms with E-state index in [-0.39, 0.29) is 23.5 Å². The van der Waals surface area contributed by atoms with Crippen LogP contribution in [0.15, 0.2) is 72.8 Å². The number of benzene rings is 3. The van der Waals surface area contributed by atoms with Gasteiger partial charge >= 0.3 is 0 Å². The molecule has 0 aliphatic heterocycles. The molecule has 0 aromatic heterocycles. The predicted molar refractivity (Wildman–Crippen MR) is 118 cm³/mol. The first kappa shape index (κ1) is 21.8. The smallest absolute Gasteiger partial charge is 0.293 e. The van der Waals surface area contributed by atoms with Crippen LogP contribution in [0.3, 0.4) is 0 Å². The van der Waals surface area contributed by atoms with E-state index in [1.165, 1.54) is 12.1 Å². The zero-order valence-electron chi connectivity index (χ0n) is 16.2. The maximum Gasteiger partial charge on any atom is 0.293 e. The molecule has 0 aliphatic rings. The number of carbonyl (C=O) groups is 2. The SMILES string of the molecule is NC(=O)C(NC(=O)c1ccc(NCc2ccccc2Cl)c([N+](=O)[O-])c1)c1ccccc1. The van der Waals surface area contributed by atoms with Crippen molar-refractivity contribution in [2.45, 2.75) is 12.6 Å². The Hall–Kier alpha value is -3.91. The number of anilines is 1. The minimum atomic E-state index is -1.06. The molecule has 0 bridgehead atoms. The number of nitrogens with two attached hydrogens (primary N) is 1. The average molecular weight is 439 g/mol. The van der Waals surface area contributed by atoms with Gasteiger partial charge in [0.05, 0.1) is 4.92 Å². The second-order valence-corrected chi connectivity index (χ2v) is 7.06. The van der Waals surface area contributed by atoms with Crippen LogP contribution in [0.25, 0.3) is 0 Å². The van der Waals surface area contributed by atoms with Gasteiger partial charge in [-0.25, -0.2) is 0 Å². The third-order valence-corrected chi connectivity index (χ3v) is 4.95. The summed E-state index contributed by atoms with van der Waals surface area (Å²) in [6, 6.07) is 18.6. The summed E-state index contributed by atoms with van der Waals surface area (Å²) in [5, 5.41) is 17.6. The zero-order chi connectivity index (χ0) is 22.4. The van der Waals surface area contributed by atoms with Crippen molar-refractivity contribution in [1.82, 2.24) is 5.32 Å². The molecular formula is C22H19ClN4O4. The Balaban J connectivity index is 1.81. The number of nitro benzene ring substituents is 1. The summed E-state index contributed by atoms with van der Waals surface area (Å²) >= 11 is 6.12. The molecule has 8 nitrogen and oxygen atoms in total. The number of carbonyl (C=O) groups excluding carboxylic acids is 2. The Labute approximate surface area is 183 Å². The molecule has 0 spiro atoms. The number of amides is 2.